The molecule has 0 bridgehead atoms. The van der Waals surface area contributed by atoms with Gasteiger partial charge in [0.05, 0.1) is 11.9 Å². The predicted molar refractivity (Wildman–Crippen MR) is 86.1 cm³/mol. The third-order valence-electron chi connectivity index (χ3n) is 3.46. The normalized spacial score (nSPS) is 10.8. The fourth-order valence-electron chi connectivity index (χ4n) is 2.28. The molecular weight excluding hydrogens is 290 g/mol. The Morgan fingerprint density at radius 3 is 2.48 bits per heavy atom. The number of nitrogens with zero attached hydrogens (tertiary/aromatic N) is 5. The van der Waals surface area contributed by atoms with Gasteiger partial charge in [0.25, 0.3) is 0 Å². The first-order chi connectivity index (χ1) is 11.3. The van der Waals surface area contributed by atoms with E-state index in [-0.39, 0.29) is 0 Å². The Balaban J connectivity index is 1.62. The summed E-state index contributed by atoms with van der Waals surface area (Å²) in [5.41, 5.74) is 2.45. The van der Waals surface area contributed by atoms with Crippen LogP contribution in [0.2, 0.25) is 0 Å². The standard InChI is InChI=1S/C17H13N5O/c1-22-16-12(11-20-22)7-8-15(21-16)13-9-18-17(19-10-13)23-14-5-3-2-4-6-14/h2-11H,1H3. The van der Waals surface area contributed by atoms with Gasteiger partial charge in [-0.1, -0.05) is 18.2 Å². The van der Waals surface area contributed by atoms with Crippen molar-refractivity contribution in [2.75, 3.05) is 0 Å². The lowest BCUT2D eigenvalue weighted by molar-refractivity contribution is 0.442. The number of para-hydroxylation sites is 1. The van der Waals surface area contributed by atoms with E-state index in [2.05, 4.69) is 20.1 Å². The van der Waals surface area contributed by atoms with E-state index in [1.54, 1.807) is 23.3 Å². The molecular formula is C17H13N5O. The van der Waals surface area contributed by atoms with Gasteiger partial charge in [0.1, 0.15) is 5.75 Å². The van der Waals surface area contributed by atoms with Gasteiger partial charge in [0.15, 0.2) is 5.65 Å². The van der Waals surface area contributed by atoms with Crippen LogP contribution in [-0.2, 0) is 7.05 Å². The van der Waals surface area contributed by atoms with Gasteiger partial charge < -0.3 is 4.74 Å². The lowest BCUT2D eigenvalue weighted by atomic mass is 10.2. The quantitative estimate of drug-likeness (QED) is 0.581. The number of hydrogen-bond acceptors (Lipinski definition) is 5. The van der Waals surface area contributed by atoms with Gasteiger partial charge in [-0.2, -0.15) is 5.10 Å². The second-order valence-electron chi connectivity index (χ2n) is 5.05. The largest absolute Gasteiger partial charge is 0.424 e. The SMILES string of the molecule is Cn1ncc2ccc(-c3cnc(Oc4ccccc4)nc3)nc21. The van der Waals surface area contributed by atoms with Gasteiger partial charge >= 0.3 is 6.01 Å². The summed E-state index contributed by atoms with van der Waals surface area (Å²) in [6, 6.07) is 13.7. The topological polar surface area (TPSA) is 65.7 Å². The van der Waals surface area contributed by atoms with Crippen molar-refractivity contribution in [3.05, 3.63) is 61.1 Å². The first-order valence-electron chi connectivity index (χ1n) is 7.14. The van der Waals surface area contributed by atoms with E-state index < -0.39 is 0 Å². The summed E-state index contributed by atoms with van der Waals surface area (Å²) in [5, 5.41) is 5.20. The van der Waals surface area contributed by atoms with Gasteiger partial charge in [-0.25, -0.2) is 15.0 Å². The number of hydrogen-bond donors (Lipinski definition) is 0. The van der Waals surface area contributed by atoms with Crippen LogP contribution in [0.3, 0.4) is 0 Å². The van der Waals surface area contributed by atoms with Crippen molar-refractivity contribution in [1.82, 2.24) is 24.7 Å². The molecule has 0 unspecified atom stereocenters. The summed E-state index contributed by atoms with van der Waals surface area (Å²) >= 11 is 0. The van der Waals surface area contributed by atoms with E-state index in [1.165, 1.54) is 0 Å². The van der Waals surface area contributed by atoms with Crippen LogP contribution in [0, 0.1) is 0 Å². The second-order valence-corrected chi connectivity index (χ2v) is 5.05. The van der Waals surface area contributed by atoms with E-state index in [4.69, 9.17) is 4.74 Å². The number of aryl methyl sites for hydroxylation is 1. The van der Waals surface area contributed by atoms with Gasteiger partial charge in [-0.3, -0.25) is 4.68 Å². The molecule has 1 aromatic carbocycles. The molecule has 0 aliphatic heterocycles. The first-order valence-corrected chi connectivity index (χ1v) is 7.14. The molecule has 4 aromatic rings. The molecule has 0 aliphatic carbocycles. The summed E-state index contributed by atoms with van der Waals surface area (Å²) in [6.07, 6.45) is 5.20. The highest BCUT2D eigenvalue weighted by atomic mass is 16.5. The molecule has 0 amide bonds. The minimum atomic E-state index is 0.307. The molecule has 0 N–H and O–H groups in total. The molecule has 0 saturated carbocycles. The summed E-state index contributed by atoms with van der Waals surface area (Å²) < 4.78 is 7.33. The molecule has 6 heteroatoms. The smallest absolute Gasteiger partial charge is 0.321 e. The van der Waals surface area contributed by atoms with Crippen LogP contribution in [0.1, 0.15) is 0 Å². The maximum atomic E-state index is 5.59. The first kappa shape index (κ1) is 13.4. The Morgan fingerprint density at radius 2 is 1.70 bits per heavy atom. The molecule has 23 heavy (non-hydrogen) atoms. The third kappa shape index (κ3) is 2.62. The predicted octanol–water partition coefficient (Wildman–Crippen LogP) is 3.22. The van der Waals surface area contributed by atoms with Gasteiger partial charge in [-0.15, -0.1) is 0 Å². The lowest BCUT2D eigenvalue weighted by Crippen LogP contribution is -1.95. The number of rotatable bonds is 3. The van der Waals surface area contributed by atoms with E-state index in [1.807, 2.05) is 49.5 Å². The minimum Gasteiger partial charge on any atom is -0.424 e. The number of fused-ring (bicyclic) bond motifs is 1. The average Bonchev–Trinajstić information content (AvgIpc) is 2.97. The van der Waals surface area contributed by atoms with Crippen molar-refractivity contribution < 1.29 is 4.74 Å². The van der Waals surface area contributed by atoms with Crippen molar-refractivity contribution >= 4 is 11.0 Å². The number of aromatic nitrogens is 5. The van der Waals surface area contributed by atoms with Crippen LogP contribution >= 0.6 is 0 Å². The van der Waals surface area contributed by atoms with Crippen LogP contribution in [0.4, 0.5) is 0 Å². The van der Waals surface area contributed by atoms with Crippen LogP contribution < -0.4 is 4.74 Å². The molecule has 0 fully saturated rings. The molecule has 3 aromatic heterocycles. The van der Waals surface area contributed by atoms with Crippen LogP contribution in [-0.4, -0.2) is 24.7 Å². The van der Waals surface area contributed by atoms with Gasteiger partial charge in [0.2, 0.25) is 0 Å². The molecule has 0 saturated heterocycles. The molecule has 112 valence electrons. The zero-order valence-electron chi connectivity index (χ0n) is 12.4. The van der Waals surface area contributed by atoms with Crippen LogP contribution in [0.15, 0.2) is 61.1 Å². The highest BCUT2D eigenvalue weighted by Gasteiger charge is 2.07. The molecule has 0 aliphatic rings. The molecule has 3 heterocycles. The highest BCUT2D eigenvalue weighted by molar-refractivity contribution is 5.77. The van der Waals surface area contributed by atoms with Gasteiger partial charge in [-0.05, 0) is 24.3 Å². The van der Waals surface area contributed by atoms with Crippen molar-refractivity contribution in [1.29, 1.82) is 0 Å². The van der Waals surface area contributed by atoms with E-state index in [0.29, 0.717) is 11.8 Å². The fraction of sp³-hybridized carbons (Fsp3) is 0.0588. The average molecular weight is 303 g/mol. The Kier molecular flexibility index (Phi) is 3.20. The number of ether oxygens (including phenoxy) is 1. The van der Waals surface area contributed by atoms with Gasteiger partial charge in [0, 0.05) is 30.4 Å². The van der Waals surface area contributed by atoms with E-state index >= 15 is 0 Å². The third-order valence-corrected chi connectivity index (χ3v) is 3.46. The summed E-state index contributed by atoms with van der Waals surface area (Å²) in [6.45, 7) is 0. The fourth-order valence-corrected chi connectivity index (χ4v) is 2.28. The van der Waals surface area contributed by atoms with Crippen molar-refractivity contribution in [3.63, 3.8) is 0 Å². The lowest BCUT2D eigenvalue weighted by Gasteiger charge is -2.04. The van der Waals surface area contributed by atoms with Crippen LogP contribution in [0.25, 0.3) is 22.3 Å². The zero-order valence-corrected chi connectivity index (χ0v) is 12.4. The molecule has 0 spiro atoms. The van der Waals surface area contributed by atoms with Crippen molar-refractivity contribution in [2.24, 2.45) is 7.05 Å². The number of benzene rings is 1. The summed E-state index contributed by atoms with van der Waals surface area (Å²) in [4.78, 5) is 13.1. The van der Waals surface area contributed by atoms with Crippen molar-refractivity contribution in [3.8, 4) is 23.0 Å². The monoisotopic (exact) mass is 303 g/mol. The molecule has 6 nitrogen and oxygen atoms in total. The van der Waals surface area contributed by atoms with Crippen LogP contribution in [0.5, 0.6) is 11.8 Å². The summed E-state index contributed by atoms with van der Waals surface area (Å²) in [5.74, 6) is 0.703. The minimum absolute atomic E-state index is 0.307. The van der Waals surface area contributed by atoms with Crippen molar-refractivity contribution in [2.45, 2.75) is 0 Å². The summed E-state index contributed by atoms with van der Waals surface area (Å²) in [7, 11) is 1.87. The Bertz CT molecular complexity index is 948. The number of pyridine rings is 1. The Morgan fingerprint density at radius 1 is 0.913 bits per heavy atom. The highest BCUT2D eigenvalue weighted by Crippen LogP contribution is 2.22. The van der Waals surface area contributed by atoms with E-state index in [0.717, 1.165) is 22.3 Å². The molecule has 0 atom stereocenters. The Labute approximate surface area is 132 Å². The zero-order chi connectivity index (χ0) is 15.6. The maximum Gasteiger partial charge on any atom is 0.321 e. The van der Waals surface area contributed by atoms with E-state index in [9.17, 15) is 0 Å². The molecule has 4 rings (SSSR count). The second kappa shape index (κ2) is 5.49. The molecule has 0 radical (unpaired) electrons. The maximum absolute atomic E-state index is 5.59. The Hall–Kier alpha value is -3.28.